The Kier molecular flexibility index (Phi) is 9.69. The molecule has 0 saturated carbocycles. The number of anilines is 1. The van der Waals surface area contributed by atoms with E-state index < -0.39 is 0 Å². The molecule has 0 aliphatic rings. The topological polar surface area (TPSA) is 113 Å². The summed E-state index contributed by atoms with van der Waals surface area (Å²) in [5, 5.41) is 11.4. The Morgan fingerprint density at radius 2 is 1.65 bits per heavy atom. The molecule has 130 valence electrons. The van der Waals surface area contributed by atoms with Gasteiger partial charge in [0.2, 0.25) is 0 Å². The molecule has 0 radical (unpaired) electrons. The van der Waals surface area contributed by atoms with E-state index in [1.165, 1.54) is 0 Å². The van der Waals surface area contributed by atoms with Crippen molar-refractivity contribution in [3.05, 3.63) is 22.6 Å². The minimum absolute atomic E-state index is 0.0660. The highest BCUT2D eigenvalue weighted by molar-refractivity contribution is 5.59. The number of aliphatic hydroxyl groups is 1. The van der Waals surface area contributed by atoms with E-state index in [2.05, 4.69) is 5.18 Å². The Balaban J connectivity index is 2.24. The number of ether oxygens (including phenoxy) is 4. The zero-order valence-electron chi connectivity index (χ0n) is 13.3. The van der Waals surface area contributed by atoms with Crippen molar-refractivity contribution >= 4 is 5.69 Å². The van der Waals surface area contributed by atoms with Crippen LogP contribution < -0.4 is 15.2 Å². The summed E-state index contributed by atoms with van der Waals surface area (Å²) in [7, 11) is 0. The molecule has 0 amide bonds. The molecule has 1 aromatic rings. The number of hydrogen-bond donors (Lipinski definition) is 2. The highest BCUT2D eigenvalue weighted by Crippen LogP contribution is 2.30. The predicted molar refractivity (Wildman–Crippen MR) is 86.0 cm³/mol. The van der Waals surface area contributed by atoms with Gasteiger partial charge in [-0.25, -0.2) is 0 Å². The van der Waals surface area contributed by atoms with Crippen LogP contribution in [0.4, 0.5) is 5.69 Å². The molecule has 8 heteroatoms. The van der Waals surface area contributed by atoms with Crippen LogP contribution in [0, 0.1) is 11.8 Å². The molecule has 0 aromatic heterocycles. The fraction of sp³-hybridized carbons (Fsp3) is 0.600. The number of nitrogens with two attached hydrogens (primary N) is 1. The van der Waals surface area contributed by atoms with Gasteiger partial charge >= 0.3 is 0 Å². The van der Waals surface area contributed by atoms with Gasteiger partial charge in [-0.2, -0.15) is 4.91 Å². The molecular weight excluding hydrogens is 304 g/mol. The summed E-state index contributed by atoms with van der Waals surface area (Å²) in [4.78, 5) is 9.83. The van der Waals surface area contributed by atoms with Gasteiger partial charge in [0.1, 0.15) is 31.3 Å². The van der Waals surface area contributed by atoms with E-state index in [9.17, 15) is 4.91 Å². The Morgan fingerprint density at radius 3 is 2.35 bits per heavy atom. The Labute approximate surface area is 135 Å². The van der Waals surface area contributed by atoms with Crippen LogP contribution in [-0.2, 0) is 9.47 Å². The van der Waals surface area contributed by atoms with Gasteiger partial charge in [-0.05, 0) is 18.6 Å². The molecule has 0 fully saturated rings. The van der Waals surface area contributed by atoms with Gasteiger partial charge in [-0.15, -0.1) is 0 Å². The van der Waals surface area contributed by atoms with Crippen molar-refractivity contribution in [3.63, 3.8) is 0 Å². The van der Waals surface area contributed by atoms with E-state index in [1.807, 2.05) is 6.92 Å². The number of nitroso groups, excluding NO2 is 1. The Morgan fingerprint density at radius 1 is 1.00 bits per heavy atom. The minimum atomic E-state index is -0.0660. The third kappa shape index (κ3) is 7.78. The lowest BCUT2D eigenvalue weighted by Gasteiger charge is -2.14. The van der Waals surface area contributed by atoms with Crippen molar-refractivity contribution in [1.29, 1.82) is 0 Å². The van der Waals surface area contributed by atoms with Crippen molar-refractivity contribution in [2.75, 3.05) is 58.5 Å². The van der Waals surface area contributed by atoms with Crippen LogP contribution in [0.2, 0.25) is 0 Å². The summed E-state index contributed by atoms with van der Waals surface area (Å²) in [5.74, 6) is 1.19. The Hall–Kier alpha value is -1.90. The first-order valence-electron chi connectivity index (χ1n) is 7.40. The zero-order chi connectivity index (χ0) is 16.9. The van der Waals surface area contributed by atoms with Crippen molar-refractivity contribution in [3.8, 4) is 11.5 Å². The molecule has 0 saturated heterocycles. The van der Waals surface area contributed by atoms with Crippen molar-refractivity contribution < 1.29 is 24.1 Å². The number of rotatable bonds is 13. The number of benzene rings is 1. The first-order valence-corrected chi connectivity index (χ1v) is 7.40. The van der Waals surface area contributed by atoms with Crippen molar-refractivity contribution in [1.82, 2.24) is 0 Å². The highest BCUT2D eigenvalue weighted by atomic mass is 16.5. The molecule has 0 atom stereocenters. The van der Waals surface area contributed by atoms with Crippen LogP contribution in [-0.4, -0.2) is 57.9 Å². The maximum atomic E-state index is 9.83. The summed E-state index contributed by atoms with van der Waals surface area (Å²) < 4.78 is 21.4. The monoisotopic (exact) mass is 328 g/mol. The maximum Gasteiger partial charge on any atom is 0.142 e. The zero-order valence-corrected chi connectivity index (χ0v) is 13.3. The van der Waals surface area contributed by atoms with Crippen LogP contribution in [0.3, 0.4) is 0 Å². The summed E-state index contributed by atoms with van der Waals surface area (Å²) in [5.41, 5.74) is 7.22. The third-order valence-electron chi connectivity index (χ3n) is 2.84. The van der Waals surface area contributed by atoms with E-state index >= 15 is 0 Å². The highest BCUT2D eigenvalue weighted by Gasteiger charge is 2.07. The van der Waals surface area contributed by atoms with Gasteiger partial charge in [0.25, 0.3) is 0 Å². The molecule has 0 aliphatic heterocycles. The largest absolute Gasteiger partial charge is 0.491 e. The van der Waals surface area contributed by atoms with Gasteiger partial charge in [0, 0.05) is 6.07 Å². The fourth-order valence-electron chi connectivity index (χ4n) is 1.75. The van der Waals surface area contributed by atoms with Gasteiger partial charge in [-0.1, -0.05) is 5.18 Å². The van der Waals surface area contributed by atoms with E-state index in [0.29, 0.717) is 50.2 Å². The summed E-state index contributed by atoms with van der Waals surface area (Å²) >= 11 is 0. The van der Waals surface area contributed by atoms with Crippen molar-refractivity contribution in [2.24, 2.45) is 5.18 Å². The summed E-state index contributed by atoms with van der Waals surface area (Å²) in [6.45, 7) is 4.12. The van der Waals surface area contributed by atoms with Gasteiger partial charge in [0.05, 0.1) is 38.7 Å². The first-order chi connectivity index (χ1) is 11.2. The smallest absolute Gasteiger partial charge is 0.142 e. The van der Waals surface area contributed by atoms with E-state index in [1.54, 1.807) is 12.1 Å². The van der Waals surface area contributed by atoms with Crippen LogP contribution >= 0.6 is 0 Å². The summed E-state index contributed by atoms with van der Waals surface area (Å²) in [6, 6.07) is 3.47. The molecule has 23 heavy (non-hydrogen) atoms. The Bertz CT molecular complexity index is 470. The minimum Gasteiger partial charge on any atom is -0.491 e. The second kappa shape index (κ2) is 11.6. The van der Waals surface area contributed by atoms with E-state index in [-0.39, 0.29) is 19.8 Å². The van der Waals surface area contributed by atoms with E-state index in [0.717, 1.165) is 5.56 Å². The van der Waals surface area contributed by atoms with Gasteiger partial charge < -0.3 is 29.8 Å². The number of nitrogen functional groups attached to an aromatic ring is 1. The molecular formula is C15H24N2O6. The lowest BCUT2D eigenvalue weighted by molar-refractivity contribution is 0.0387. The van der Waals surface area contributed by atoms with Crippen LogP contribution in [0.1, 0.15) is 5.56 Å². The SMILES string of the molecule is Cc1cc(OCCO)c(N)cc1OCCOCCOCCN=O. The third-order valence-corrected chi connectivity index (χ3v) is 2.84. The van der Waals surface area contributed by atoms with Gasteiger partial charge in [0.15, 0.2) is 0 Å². The van der Waals surface area contributed by atoms with Gasteiger partial charge in [-0.3, -0.25) is 0 Å². The normalized spacial score (nSPS) is 10.5. The molecule has 3 N–H and O–H groups in total. The van der Waals surface area contributed by atoms with E-state index in [4.69, 9.17) is 29.8 Å². The maximum absolute atomic E-state index is 9.83. The average Bonchev–Trinajstić information content (AvgIpc) is 2.54. The lowest BCUT2D eigenvalue weighted by Crippen LogP contribution is -2.12. The molecule has 0 aliphatic carbocycles. The van der Waals surface area contributed by atoms with Crippen molar-refractivity contribution in [2.45, 2.75) is 6.92 Å². The standard InChI is InChI=1S/C15H24N2O6/c1-12-10-15(22-5-3-18)13(16)11-14(12)23-9-8-21-7-6-20-4-2-17-19/h10-11,18H,2-9,16H2,1H3. The molecule has 1 aromatic carbocycles. The molecule has 0 heterocycles. The van der Waals surface area contributed by atoms with Crippen LogP contribution in [0.25, 0.3) is 0 Å². The molecule has 0 unspecified atom stereocenters. The fourth-order valence-corrected chi connectivity index (χ4v) is 1.75. The molecule has 0 bridgehead atoms. The average molecular weight is 328 g/mol. The number of aliphatic hydroxyl groups excluding tert-OH is 1. The molecule has 8 nitrogen and oxygen atoms in total. The molecule has 0 spiro atoms. The molecule has 1 rings (SSSR count). The lowest BCUT2D eigenvalue weighted by atomic mass is 10.2. The number of hydrogen-bond acceptors (Lipinski definition) is 8. The second-order valence-electron chi connectivity index (χ2n) is 4.65. The second-order valence-corrected chi connectivity index (χ2v) is 4.65. The predicted octanol–water partition coefficient (Wildman–Crippen LogP) is 1.13. The quantitative estimate of drug-likeness (QED) is 0.317. The van der Waals surface area contributed by atoms with Crippen LogP contribution in [0.15, 0.2) is 17.3 Å². The van der Waals surface area contributed by atoms with Crippen LogP contribution in [0.5, 0.6) is 11.5 Å². The number of aryl methyl sites for hydroxylation is 1. The number of nitrogens with zero attached hydrogens (tertiary/aromatic N) is 1. The first kappa shape index (κ1) is 19.1. The summed E-state index contributed by atoms with van der Waals surface area (Å²) in [6.07, 6.45) is 0.